The predicted octanol–water partition coefficient (Wildman–Crippen LogP) is 3.30. The monoisotopic (exact) mass is 260 g/mol. The number of hydrogen-bond donors (Lipinski definition) is 0. The van der Waals surface area contributed by atoms with Crippen molar-refractivity contribution in [2.75, 3.05) is 38.1 Å². The number of rotatable bonds is 2. The first-order valence-corrected chi connectivity index (χ1v) is 7.48. The quantitative estimate of drug-likeness (QED) is 0.805. The fourth-order valence-electron chi connectivity index (χ4n) is 2.73. The Morgan fingerprint density at radius 2 is 1.68 bits per heavy atom. The third kappa shape index (κ3) is 3.30. The minimum absolute atomic E-state index is 0.212. The molecule has 1 fully saturated rings. The van der Waals surface area contributed by atoms with E-state index in [0.717, 1.165) is 19.5 Å². The molecule has 19 heavy (non-hydrogen) atoms. The fraction of sp³-hybridized carbons (Fsp3) is 0.647. The second kappa shape index (κ2) is 5.54. The van der Waals surface area contributed by atoms with Crippen molar-refractivity contribution in [3.8, 4) is 0 Å². The summed E-state index contributed by atoms with van der Waals surface area (Å²) in [5.74, 6) is 0. The van der Waals surface area contributed by atoms with E-state index < -0.39 is 0 Å². The molecular formula is C17H28N2. The fourth-order valence-corrected chi connectivity index (χ4v) is 2.73. The van der Waals surface area contributed by atoms with Crippen LogP contribution < -0.4 is 4.90 Å². The first-order valence-electron chi connectivity index (χ1n) is 7.48. The van der Waals surface area contributed by atoms with Crippen molar-refractivity contribution in [2.45, 2.75) is 39.5 Å². The van der Waals surface area contributed by atoms with Crippen molar-refractivity contribution in [3.05, 3.63) is 29.3 Å². The molecule has 0 N–H and O–H groups in total. The van der Waals surface area contributed by atoms with E-state index in [1.807, 2.05) is 0 Å². The van der Waals surface area contributed by atoms with Gasteiger partial charge in [0.05, 0.1) is 0 Å². The van der Waals surface area contributed by atoms with Crippen LogP contribution in [0.25, 0.3) is 0 Å². The molecule has 0 spiro atoms. The molecule has 0 radical (unpaired) electrons. The Hall–Kier alpha value is -1.02. The Bertz CT molecular complexity index is 423. The van der Waals surface area contributed by atoms with E-state index in [0.29, 0.717) is 0 Å². The van der Waals surface area contributed by atoms with Crippen LogP contribution in [-0.2, 0) is 11.8 Å². The Balaban J connectivity index is 2.34. The molecule has 0 unspecified atom stereocenters. The number of piperazine rings is 1. The van der Waals surface area contributed by atoms with E-state index >= 15 is 0 Å². The van der Waals surface area contributed by atoms with Gasteiger partial charge in [0.2, 0.25) is 0 Å². The number of benzene rings is 1. The number of likely N-dealkylation sites (N-methyl/N-ethyl adjacent to an activating group) is 1. The van der Waals surface area contributed by atoms with Gasteiger partial charge < -0.3 is 9.80 Å². The van der Waals surface area contributed by atoms with Crippen molar-refractivity contribution in [2.24, 2.45) is 0 Å². The molecule has 1 aromatic rings. The van der Waals surface area contributed by atoms with E-state index in [-0.39, 0.29) is 5.41 Å². The summed E-state index contributed by atoms with van der Waals surface area (Å²) in [6.07, 6.45) is 1.12. The highest BCUT2D eigenvalue weighted by Crippen LogP contribution is 2.33. The van der Waals surface area contributed by atoms with Crippen molar-refractivity contribution in [3.63, 3.8) is 0 Å². The van der Waals surface area contributed by atoms with Crippen LogP contribution >= 0.6 is 0 Å². The lowest BCUT2D eigenvalue weighted by Gasteiger charge is -2.37. The third-order valence-electron chi connectivity index (χ3n) is 4.12. The van der Waals surface area contributed by atoms with Crippen LogP contribution in [0.2, 0.25) is 0 Å². The van der Waals surface area contributed by atoms with Crippen LogP contribution in [0, 0.1) is 0 Å². The normalized spacial score (nSPS) is 17.8. The van der Waals surface area contributed by atoms with Gasteiger partial charge in [0.25, 0.3) is 0 Å². The minimum atomic E-state index is 0.212. The van der Waals surface area contributed by atoms with Gasteiger partial charge >= 0.3 is 0 Å². The molecule has 2 heteroatoms. The first-order chi connectivity index (χ1) is 8.91. The van der Waals surface area contributed by atoms with Gasteiger partial charge in [0, 0.05) is 31.9 Å². The predicted molar refractivity (Wildman–Crippen MR) is 84.2 cm³/mol. The topological polar surface area (TPSA) is 6.48 Å². The third-order valence-corrected chi connectivity index (χ3v) is 4.12. The van der Waals surface area contributed by atoms with Crippen molar-refractivity contribution in [1.82, 2.24) is 4.90 Å². The number of anilines is 1. The van der Waals surface area contributed by atoms with Crippen LogP contribution in [0.1, 0.15) is 38.8 Å². The lowest BCUT2D eigenvalue weighted by atomic mass is 9.84. The first kappa shape index (κ1) is 14.4. The molecular weight excluding hydrogens is 232 g/mol. The summed E-state index contributed by atoms with van der Waals surface area (Å²) < 4.78 is 0. The maximum Gasteiger partial charge on any atom is 0.0405 e. The Morgan fingerprint density at radius 3 is 2.21 bits per heavy atom. The highest BCUT2D eigenvalue weighted by molar-refractivity contribution is 5.58. The molecule has 0 saturated carbocycles. The lowest BCUT2D eigenvalue weighted by molar-refractivity contribution is 0.312. The van der Waals surface area contributed by atoms with Gasteiger partial charge in [0.15, 0.2) is 0 Å². The SMILES string of the molecule is CCc1ccc(N2CCN(C)CC2)c(C(C)(C)C)c1. The maximum absolute atomic E-state index is 2.56. The Kier molecular flexibility index (Phi) is 4.19. The van der Waals surface area contributed by atoms with Crippen molar-refractivity contribution >= 4 is 5.69 Å². The smallest absolute Gasteiger partial charge is 0.0405 e. The van der Waals surface area contributed by atoms with E-state index in [1.54, 1.807) is 0 Å². The van der Waals surface area contributed by atoms with E-state index in [4.69, 9.17) is 0 Å². The Morgan fingerprint density at radius 1 is 1.05 bits per heavy atom. The standard InChI is InChI=1S/C17H28N2/c1-6-14-7-8-16(15(13-14)17(2,3)4)19-11-9-18(5)10-12-19/h7-8,13H,6,9-12H2,1-5H3. The van der Waals surface area contributed by atoms with E-state index in [2.05, 4.69) is 62.7 Å². The van der Waals surface area contributed by atoms with Crippen molar-refractivity contribution in [1.29, 1.82) is 0 Å². The molecule has 1 aliphatic heterocycles. The summed E-state index contributed by atoms with van der Waals surface area (Å²) >= 11 is 0. The number of hydrogen-bond acceptors (Lipinski definition) is 2. The molecule has 0 amide bonds. The molecule has 1 saturated heterocycles. The number of aryl methyl sites for hydroxylation is 1. The molecule has 2 rings (SSSR count). The summed E-state index contributed by atoms with van der Waals surface area (Å²) in [6.45, 7) is 13.8. The van der Waals surface area contributed by atoms with Crippen LogP contribution in [0.3, 0.4) is 0 Å². The maximum atomic E-state index is 2.56. The molecule has 0 bridgehead atoms. The largest absolute Gasteiger partial charge is 0.369 e. The van der Waals surface area contributed by atoms with Gasteiger partial charge in [-0.1, -0.05) is 39.8 Å². The second-order valence-corrected chi connectivity index (χ2v) is 6.75. The van der Waals surface area contributed by atoms with E-state index in [1.165, 1.54) is 29.9 Å². The van der Waals surface area contributed by atoms with Crippen LogP contribution in [0.5, 0.6) is 0 Å². The Labute approximate surface area is 118 Å². The van der Waals surface area contributed by atoms with Crippen LogP contribution in [0.15, 0.2) is 18.2 Å². The average Bonchev–Trinajstić information content (AvgIpc) is 2.38. The van der Waals surface area contributed by atoms with Crippen molar-refractivity contribution < 1.29 is 0 Å². The summed E-state index contributed by atoms with van der Waals surface area (Å²) in [5, 5.41) is 0. The minimum Gasteiger partial charge on any atom is -0.369 e. The zero-order valence-corrected chi connectivity index (χ0v) is 13.2. The summed E-state index contributed by atoms with van der Waals surface area (Å²) in [7, 11) is 2.21. The van der Waals surface area contributed by atoms with Gasteiger partial charge in [-0.2, -0.15) is 0 Å². The molecule has 1 aromatic carbocycles. The zero-order valence-electron chi connectivity index (χ0n) is 13.2. The highest BCUT2D eigenvalue weighted by Gasteiger charge is 2.23. The lowest BCUT2D eigenvalue weighted by Crippen LogP contribution is -2.45. The van der Waals surface area contributed by atoms with Gasteiger partial charge in [0.1, 0.15) is 0 Å². The molecule has 0 aliphatic carbocycles. The van der Waals surface area contributed by atoms with Crippen LogP contribution in [0.4, 0.5) is 5.69 Å². The molecule has 0 atom stereocenters. The van der Waals surface area contributed by atoms with E-state index in [9.17, 15) is 0 Å². The molecule has 0 aromatic heterocycles. The molecule has 106 valence electrons. The van der Waals surface area contributed by atoms with Gasteiger partial charge in [-0.3, -0.25) is 0 Å². The number of nitrogens with zero attached hydrogens (tertiary/aromatic N) is 2. The van der Waals surface area contributed by atoms with Crippen LogP contribution in [-0.4, -0.2) is 38.1 Å². The second-order valence-electron chi connectivity index (χ2n) is 6.75. The summed E-state index contributed by atoms with van der Waals surface area (Å²) in [6, 6.07) is 7.04. The van der Waals surface area contributed by atoms with Gasteiger partial charge in [-0.05, 0) is 36.1 Å². The van der Waals surface area contributed by atoms with Gasteiger partial charge in [-0.15, -0.1) is 0 Å². The zero-order chi connectivity index (χ0) is 14.0. The summed E-state index contributed by atoms with van der Waals surface area (Å²) in [4.78, 5) is 4.97. The average molecular weight is 260 g/mol. The summed E-state index contributed by atoms with van der Waals surface area (Å²) in [5.41, 5.74) is 4.60. The molecule has 2 nitrogen and oxygen atoms in total. The molecule has 1 aliphatic rings. The highest BCUT2D eigenvalue weighted by atomic mass is 15.2. The molecule has 1 heterocycles. The van der Waals surface area contributed by atoms with Gasteiger partial charge in [-0.25, -0.2) is 0 Å².